The molecule has 2 aromatic rings. The summed E-state index contributed by atoms with van der Waals surface area (Å²) < 4.78 is 5.55. The molecule has 3 heteroatoms. The number of Topliss-reactive ketones (excluding diaryl/α,β-unsaturated/α-hetero) is 1. The predicted molar refractivity (Wildman–Crippen MR) is 81.1 cm³/mol. The summed E-state index contributed by atoms with van der Waals surface area (Å²) in [6.45, 7) is 1.04. The number of ketones is 1. The van der Waals surface area contributed by atoms with Crippen LogP contribution in [0.1, 0.15) is 28.8 Å². The third-order valence-electron chi connectivity index (χ3n) is 3.00. The lowest BCUT2D eigenvalue weighted by Crippen LogP contribution is -2.02. The second kappa shape index (κ2) is 7.83. The maximum atomic E-state index is 11.9. The Balaban J connectivity index is 1.67. The van der Waals surface area contributed by atoms with Crippen molar-refractivity contribution < 1.29 is 9.53 Å². The van der Waals surface area contributed by atoms with Gasteiger partial charge in [-0.2, -0.15) is 0 Å². The number of ether oxygens (including phenoxy) is 1. The van der Waals surface area contributed by atoms with Gasteiger partial charge in [0.1, 0.15) is 0 Å². The second-order valence-corrected chi connectivity index (χ2v) is 4.94. The van der Waals surface area contributed by atoms with Gasteiger partial charge in [-0.05, 0) is 18.1 Å². The van der Waals surface area contributed by atoms with Crippen molar-refractivity contribution >= 4 is 17.4 Å². The highest BCUT2D eigenvalue weighted by atomic mass is 35.5. The zero-order chi connectivity index (χ0) is 14.2. The van der Waals surface area contributed by atoms with E-state index < -0.39 is 0 Å². The molecule has 2 aromatic carbocycles. The molecule has 104 valence electrons. The van der Waals surface area contributed by atoms with Crippen molar-refractivity contribution in [2.45, 2.75) is 19.4 Å². The smallest absolute Gasteiger partial charge is 0.162 e. The van der Waals surface area contributed by atoms with Gasteiger partial charge in [0, 0.05) is 23.6 Å². The monoisotopic (exact) mass is 288 g/mol. The van der Waals surface area contributed by atoms with E-state index in [0.29, 0.717) is 24.7 Å². The number of carbonyl (C=O) groups is 1. The van der Waals surface area contributed by atoms with E-state index in [2.05, 4.69) is 0 Å². The van der Waals surface area contributed by atoms with Gasteiger partial charge in [0.15, 0.2) is 5.78 Å². The highest BCUT2D eigenvalue weighted by molar-refractivity contribution is 6.31. The van der Waals surface area contributed by atoms with E-state index in [0.717, 1.165) is 17.5 Å². The minimum absolute atomic E-state index is 0.159. The Hall–Kier alpha value is -1.64. The number of carbonyl (C=O) groups excluding carboxylic acids is 1. The molecule has 0 saturated carbocycles. The first kappa shape index (κ1) is 14.8. The third kappa shape index (κ3) is 4.48. The highest BCUT2D eigenvalue weighted by Gasteiger charge is 2.04. The Labute approximate surface area is 124 Å². The number of hydrogen-bond acceptors (Lipinski definition) is 2. The van der Waals surface area contributed by atoms with E-state index in [1.165, 1.54) is 0 Å². The van der Waals surface area contributed by atoms with Gasteiger partial charge in [-0.25, -0.2) is 0 Å². The van der Waals surface area contributed by atoms with E-state index in [1.807, 2.05) is 54.6 Å². The minimum Gasteiger partial charge on any atom is -0.377 e. The quantitative estimate of drug-likeness (QED) is 0.553. The number of benzene rings is 2. The third-order valence-corrected chi connectivity index (χ3v) is 3.37. The molecule has 0 aromatic heterocycles. The van der Waals surface area contributed by atoms with Crippen LogP contribution >= 0.6 is 11.6 Å². The van der Waals surface area contributed by atoms with Gasteiger partial charge in [0.05, 0.1) is 6.61 Å². The van der Waals surface area contributed by atoms with Crippen molar-refractivity contribution in [2.24, 2.45) is 0 Å². The molecule has 0 unspecified atom stereocenters. The molecular weight excluding hydrogens is 272 g/mol. The van der Waals surface area contributed by atoms with E-state index in [1.54, 1.807) is 0 Å². The Bertz CT molecular complexity index is 552. The second-order valence-electron chi connectivity index (χ2n) is 4.54. The van der Waals surface area contributed by atoms with Crippen LogP contribution < -0.4 is 0 Å². The Kier molecular flexibility index (Phi) is 5.78. The van der Waals surface area contributed by atoms with Crippen LogP contribution in [0.3, 0.4) is 0 Å². The van der Waals surface area contributed by atoms with Gasteiger partial charge in [0.25, 0.3) is 0 Å². The molecule has 0 atom stereocenters. The standard InChI is InChI=1S/C17H17ClO2/c18-16-10-5-4-9-15(16)13-20-12-6-11-17(19)14-7-2-1-3-8-14/h1-5,7-10H,6,11-13H2. The van der Waals surface area contributed by atoms with E-state index in [9.17, 15) is 4.79 Å². The molecule has 0 spiro atoms. The summed E-state index contributed by atoms with van der Waals surface area (Å²) in [5.74, 6) is 0.159. The summed E-state index contributed by atoms with van der Waals surface area (Å²) in [6.07, 6.45) is 1.23. The molecule has 0 aliphatic carbocycles. The van der Waals surface area contributed by atoms with Crippen LogP contribution in [-0.2, 0) is 11.3 Å². The van der Waals surface area contributed by atoms with Crippen LogP contribution in [0.25, 0.3) is 0 Å². The van der Waals surface area contributed by atoms with Crippen LogP contribution in [0.15, 0.2) is 54.6 Å². The minimum atomic E-state index is 0.159. The Morgan fingerprint density at radius 1 is 1.00 bits per heavy atom. The highest BCUT2D eigenvalue weighted by Crippen LogP contribution is 2.15. The molecule has 0 aliphatic heterocycles. The average Bonchev–Trinajstić information content (AvgIpc) is 2.49. The molecular formula is C17H17ClO2. The van der Waals surface area contributed by atoms with E-state index in [-0.39, 0.29) is 5.78 Å². The first-order valence-corrected chi connectivity index (χ1v) is 7.04. The molecule has 0 N–H and O–H groups in total. The summed E-state index contributed by atoms with van der Waals surface area (Å²) in [7, 11) is 0. The van der Waals surface area contributed by atoms with Gasteiger partial charge < -0.3 is 4.74 Å². The molecule has 2 rings (SSSR count). The van der Waals surface area contributed by atoms with Gasteiger partial charge in [-0.3, -0.25) is 4.79 Å². The molecule has 2 nitrogen and oxygen atoms in total. The van der Waals surface area contributed by atoms with Gasteiger partial charge in [-0.1, -0.05) is 60.1 Å². The molecule has 0 heterocycles. The molecule has 0 fully saturated rings. The van der Waals surface area contributed by atoms with Gasteiger partial charge in [0.2, 0.25) is 0 Å². The average molecular weight is 289 g/mol. The normalized spacial score (nSPS) is 10.4. The lowest BCUT2D eigenvalue weighted by Gasteiger charge is -2.06. The van der Waals surface area contributed by atoms with Crippen molar-refractivity contribution in [1.29, 1.82) is 0 Å². The molecule has 0 radical (unpaired) electrons. The summed E-state index contributed by atoms with van der Waals surface area (Å²) in [4.78, 5) is 11.9. The van der Waals surface area contributed by atoms with Gasteiger partial charge >= 0.3 is 0 Å². The molecule has 0 aliphatic rings. The summed E-state index contributed by atoms with van der Waals surface area (Å²) in [5, 5.41) is 0.716. The predicted octanol–water partition coefficient (Wildman–Crippen LogP) is 4.52. The van der Waals surface area contributed by atoms with Crippen molar-refractivity contribution in [3.63, 3.8) is 0 Å². The number of hydrogen-bond donors (Lipinski definition) is 0. The SMILES string of the molecule is O=C(CCCOCc1ccccc1Cl)c1ccccc1. The van der Waals surface area contributed by atoms with Crippen molar-refractivity contribution in [3.05, 3.63) is 70.7 Å². The Morgan fingerprint density at radius 3 is 2.45 bits per heavy atom. The summed E-state index contributed by atoms with van der Waals surface area (Å²) in [5.41, 5.74) is 1.74. The summed E-state index contributed by atoms with van der Waals surface area (Å²) >= 11 is 6.03. The Morgan fingerprint density at radius 2 is 1.70 bits per heavy atom. The lowest BCUT2D eigenvalue weighted by atomic mass is 10.1. The summed E-state index contributed by atoms with van der Waals surface area (Å²) in [6, 6.07) is 17.0. The fourth-order valence-electron chi connectivity index (χ4n) is 1.90. The number of rotatable bonds is 7. The van der Waals surface area contributed by atoms with Crippen LogP contribution in [-0.4, -0.2) is 12.4 Å². The maximum Gasteiger partial charge on any atom is 0.162 e. The van der Waals surface area contributed by atoms with Gasteiger partial charge in [-0.15, -0.1) is 0 Å². The van der Waals surface area contributed by atoms with Crippen LogP contribution in [0, 0.1) is 0 Å². The zero-order valence-electron chi connectivity index (χ0n) is 11.2. The largest absolute Gasteiger partial charge is 0.377 e. The van der Waals surface area contributed by atoms with Crippen molar-refractivity contribution in [2.75, 3.05) is 6.61 Å². The number of halogens is 1. The first-order valence-electron chi connectivity index (χ1n) is 6.67. The van der Waals surface area contributed by atoms with Crippen LogP contribution in [0.5, 0.6) is 0 Å². The molecule has 20 heavy (non-hydrogen) atoms. The van der Waals surface area contributed by atoms with Crippen LogP contribution in [0.4, 0.5) is 0 Å². The first-order chi connectivity index (χ1) is 9.77. The molecule has 0 bridgehead atoms. The maximum absolute atomic E-state index is 11.9. The van der Waals surface area contributed by atoms with Crippen molar-refractivity contribution in [1.82, 2.24) is 0 Å². The zero-order valence-corrected chi connectivity index (χ0v) is 12.0. The van der Waals surface area contributed by atoms with Crippen molar-refractivity contribution in [3.8, 4) is 0 Å². The van der Waals surface area contributed by atoms with E-state index in [4.69, 9.17) is 16.3 Å². The fraction of sp³-hybridized carbons (Fsp3) is 0.235. The lowest BCUT2D eigenvalue weighted by molar-refractivity contribution is 0.0919. The topological polar surface area (TPSA) is 26.3 Å². The fourth-order valence-corrected chi connectivity index (χ4v) is 2.09. The van der Waals surface area contributed by atoms with E-state index >= 15 is 0 Å². The molecule has 0 amide bonds. The molecule has 0 saturated heterocycles. The van der Waals surface area contributed by atoms with Crippen LogP contribution in [0.2, 0.25) is 5.02 Å².